The molecule has 0 aliphatic heterocycles. The molecule has 0 amide bonds. The molecule has 0 fully saturated rings. The summed E-state index contributed by atoms with van der Waals surface area (Å²) in [5, 5.41) is 3.63. The van der Waals surface area contributed by atoms with Crippen LogP contribution in [0.3, 0.4) is 0 Å². The van der Waals surface area contributed by atoms with Crippen LogP contribution in [-0.2, 0) is 16.1 Å². The van der Waals surface area contributed by atoms with Gasteiger partial charge in [-0.2, -0.15) is 0 Å². The van der Waals surface area contributed by atoms with Crippen molar-refractivity contribution in [1.82, 2.24) is 5.32 Å². The van der Waals surface area contributed by atoms with Crippen molar-refractivity contribution in [3.8, 4) is 11.5 Å². The zero-order chi connectivity index (χ0) is 16.0. The van der Waals surface area contributed by atoms with E-state index >= 15 is 0 Å². The summed E-state index contributed by atoms with van der Waals surface area (Å²) in [7, 11) is 4.47. The number of hydrogen-bond acceptors (Lipinski definition) is 5. The van der Waals surface area contributed by atoms with E-state index in [9.17, 15) is 4.79 Å². The van der Waals surface area contributed by atoms with Crippen LogP contribution in [0.25, 0.3) is 0 Å². The van der Waals surface area contributed by atoms with Crippen molar-refractivity contribution in [3.63, 3.8) is 0 Å². The lowest BCUT2D eigenvalue weighted by Gasteiger charge is -2.20. The van der Waals surface area contributed by atoms with E-state index in [0.717, 1.165) is 5.56 Å². The fraction of sp³-hybridized carbons (Fsp3) is 0.533. The fourth-order valence-electron chi connectivity index (χ4n) is 2.00. The van der Waals surface area contributed by atoms with Crippen LogP contribution in [0.5, 0.6) is 11.5 Å². The Labute approximate surface area is 130 Å². The highest BCUT2D eigenvalue weighted by Crippen LogP contribution is 2.37. The molecule has 0 aromatic heterocycles. The number of halogens is 1. The number of benzene rings is 1. The number of rotatable bonds is 7. The Morgan fingerprint density at radius 3 is 2.38 bits per heavy atom. The van der Waals surface area contributed by atoms with Gasteiger partial charge < -0.3 is 19.5 Å². The van der Waals surface area contributed by atoms with Crippen LogP contribution in [0.15, 0.2) is 12.1 Å². The van der Waals surface area contributed by atoms with E-state index in [1.807, 2.05) is 19.9 Å². The second-order valence-electron chi connectivity index (χ2n) is 4.90. The Hall–Kier alpha value is -1.46. The molecular formula is C15H22ClNO4. The van der Waals surface area contributed by atoms with Crippen LogP contribution in [0, 0.1) is 5.92 Å². The van der Waals surface area contributed by atoms with Gasteiger partial charge in [-0.3, -0.25) is 4.79 Å². The normalized spacial score (nSPS) is 12.1. The second kappa shape index (κ2) is 8.10. The van der Waals surface area contributed by atoms with Gasteiger partial charge in [0.05, 0.1) is 26.4 Å². The molecule has 1 N–H and O–H groups in total. The summed E-state index contributed by atoms with van der Waals surface area (Å²) in [5.74, 6) is 0.871. The Bertz CT molecular complexity index is 491. The SMILES string of the molecule is COC(=O)C(NCc1ccc(OC)c(OC)c1Cl)C(C)C. The van der Waals surface area contributed by atoms with Gasteiger partial charge in [0.1, 0.15) is 6.04 Å². The van der Waals surface area contributed by atoms with Gasteiger partial charge in [-0.1, -0.05) is 31.5 Å². The zero-order valence-electron chi connectivity index (χ0n) is 13.0. The highest BCUT2D eigenvalue weighted by atomic mass is 35.5. The third kappa shape index (κ3) is 4.25. The van der Waals surface area contributed by atoms with Crippen LogP contribution in [0.2, 0.25) is 5.02 Å². The number of nitrogens with one attached hydrogen (secondary N) is 1. The Morgan fingerprint density at radius 2 is 1.90 bits per heavy atom. The first-order chi connectivity index (χ1) is 9.96. The van der Waals surface area contributed by atoms with Crippen molar-refractivity contribution in [2.75, 3.05) is 21.3 Å². The number of carbonyl (C=O) groups excluding carboxylic acids is 1. The van der Waals surface area contributed by atoms with E-state index in [4.69, 9.17) is 25.8 Å². The quantitative estimate of drug-likeness (QED) is 0.784. The minimum Gasteiger partial charge on any atom is -0.493 e. The molecule has 0 radical (unpaired) electrons. The number of hydrogen-bond donors (Lipinski definition) is 1. The lowest BCUT2D eigenvalue weighted by atomic mass is 10.0. The molecular weight excluding hydrogens is 294 g/mol. The van der Waals surface area contributed by atoms with Crippen molar-refractivity contribution in [2.45, 2.75) is 26.4 Å². The molecule has 1 atom stereocenters. The first-order valence-electron chi connectivity index (χ1n) is 6.66. The van der Waals surface area contributed by atoms with Gasteiger partial charge in [0, 0.05) is 6.54 Å². The maximum absolute atomic E-state index is 11.7. The number of ether oxygens (including phenoxy) is 3. The maximum Gasteiger partial charge on any atom is 0.323 e. The topological polar surface area (TPSA) is 56.8 Å². The molecule has 1 rings (SSSR count). The highest BCUT2D eigenvalue weighted by molar-refractivity contribution is 6.33. The number of carbonyl (C=O) groups is 1. The first kappa shape index (κ1) is 17.6. The third-order valence-electron chi connectivity index (χ3n) is 3.20. The molecule has 6 heteroatoms. The molecule has 5 nitrogen and oxygen atoms in total. The molecule has 1 aromatic rings. The third-order valence-corrected chi connectivity index (χ3v) is 3.61. The summed E-state index contributed by atoms with van der Waals surface area (Å²) in [4.78, 5) is 11.7. The van der Waals surface area contributed by atoms with Crippen molar-refractivity contribution in [1.29, 1.82) is 0 Å². The standard InChI is InChI=1S/C15H22ClNO4/c1-9(2)13(15(18)21-5)17-8-10-6-7-11(19-3)14(20-4)12(10)16/h6-7,9,13,17H,8H2,1-5H3. The predicted octanol–water partition coefficient (Wildman–Crippen LogP) is 2.64. The monoisotopic (exact) mass is 315 g/mol. The summed E-state index contributed by atoms with van der Waals surface area (Å²) in [6.45, 7) is 4.33. The molecule has 21 heavy (non-hydrogen) atoms. The van der Waals surface area contributed by atoms with Crippen LogP contribution < -0.4 is 14.8 Å². The summed E-state index contributed by atoms with van der Waals surface area (Å²) in [5.41, 5.74) is 0.823. The van der Waals surface area contributed by atoms with E-state index in [1.165, 1.54) is 14.2 Å². The van der Waals surface area contributed by atoms with Gasteiger partial charge in [0.2, 0.25) is 0 Å². The summed E-state index contributed by atoms with van der Waals surface area (Å²) >= 11 is 6.31. The molecule has 1 aromatic carbocycles. The lowest BCUT2D eigenvalue weighted by molar-refractivity contribution is -0.144. The largest absolute Gasteiger partial charge is 0.493 e. The molecule has 0 heterocycles. The molecule has 0 bridgehead atoms. The van der Waals surface area contributed by atoms with Gasteiger partial charge in [-0.25, -0.2) is 0 Å². The summed E-state index contributed by atoms with van der Waals surface area (Å²) < 4.78 is 15.2. The van der Waals surface area contributed by atoms with Gasteiger partial charge in [-0.05, 0) is 17.5 Å². The zero-order valence-corrected chi connectivity index (χ0v) is 13.8. The highest BCUT2D eigenvalue weighted by Gasteiger charge is 2.23. The lowest BCUT2D eigenvalue weighted by Crippen LogP contribution is -2.41. The van der Waals surface area contributed by atoms with E-state index in [1.54, 1.807) is 13.2 Å². The Morgan fingerprint density at radius 1 is 1.24 bits per heavy atom. The molecule has 118 valence electrons. The summed E-state index contributed by atoms with van der Waals surface area (Å²) in [6, 6.07) is 3.23. The van der Waals surface area contributed by atoms with Crippen molar-refractivity contribution in [3.05, 3.63) is 22.7 Å². The average Bonchev–Trinajstić information content (AvgIpc) is 2.47. The van der Waals surface area contributed by atoms with Crippen molar-refractivity contribution in [2.24, 2.45) is 5.92 Å². The molecule has 0 aliphatic carbocycles. The van der Waals surface area contributed by atoms with Crippen LogP contribution in [0.4, 0.5) is 0 Å². The fourth-order valence-corrected chi connectivity index (χ4v) is 2.30. The molecule has 0 aliphatic rings. The van der Waals surface area contributed by atoms with Gasteiger partial charge in [-0.15, -0.1) is 0 Å². The Kier molecular flexibility index (Phi) is 6.78. The second-order valence-corrected chi connectivity index (χ2v) is 5.28. The Balaban J connectivity index is 2.90. The van der Waals surface area contributed by atoms with E-state index in [2.05, 4.69) is 5.32 Å². The summed E-state index contributed by atoms with van der Waals surface area (Å²) in [6.07, 6.45) is 0. The van der Waals surface area contributed by atoms with Crippen molar-refractivity contribution >= 4 is 17.6 Å². The van der Waals surface area contributed by atoms with E-state index < -0.39 is 0 Å². The van der Waals surface area contributed by atoms with E-state index in [-0.39, 0.29) is 17.9 Å². The average molecular weight is 316 g/mol. The van der Waals surface area contributed by atoms with Gasteiger partial charge >= 0.3 is 5.97 Å². The number of esters is 1. The smallest absolute Gasteiger partial charge is 0.323 e. The van der Waals surface area contributed by atoms with E-state index in [0.29, 0.717) is 23.1 Å². The minimum absolute atomic E-state index is 0.108. The molecule has 0 saturated heterocycles. The van der Waals surface area contributed by atoms with Crippen LogP contribution in [0.1, 0.15) is 19.4 Å². The predicted molar refractivity (Wildman–Crippen MR) is 82.0 cm³/mol. The van der Waals surface area contributed by atoms with Crippen LogP contribution >= 0.6 is 11.6 Å². The molecule has 0 saturated carbocycles. The molecule has 0 spiro atoms. The maximum atomic E-state index is 11.7. The van der Waals surface area contributed by atoms with Gasteiger partial charge in [0.15, 0.2) is 11.5 Å². The first-order valence-corrected chi connectivity index (χ1v) is 7.04. The van der Waals surface area contributed by atoms with Gasteiger partial charge in [0.25, 0.3) is 0 Å². The molecule has 1 unspecified atom stereocenters. The van der Waals surface area contributed by atoms with Crippen LogP contribution in [-0.4, -0.2) is 33.3 Å². The minimum atomic E-state index is -0.390. The van der Waals surface area contributed by atoms with Crippen molar-refractivity contribution < 1.29 is 19.0 Å². The number of methoxy groups -OCH3 is 3.